The van der Waals surface area contributed by atoms with Gasteiger partial charge >= 0.3 is 0 Å². The number of aryl methyl sites for hydroxylation is 1. The van der Waals surface area contributed by atoms with E-state index in [9.17, 15) is 0 Å². The zero-order chi connectivity index (χ0) is 12.8. The van der Waals surface area contributed by atoms with E-state index in [0.29, 0.717) is 6.04 Å². The van der Waals surface area contributed by atoms with Crippen molar-refractivity contribution in [1.29, 1.82) is 0 Å². The summed E-state index contributed by atoms with van der Waals surface area (Å²) in [7, 11) is 0. The average Bonchev–Trinajstić information content (AvgIpc) is 2.82. The fraction of sp³-hybridized carbons (Fsp3) is 0.786. The van der Waals surface area contributed by atoms with Crippen molar-refractivity contribution in [2.75, 3.05) is 19.8 Å². The Morgan fingerprint density at radius 2 is 2.28 bits per heavy atom. The minimum absolute atomic E-state index is 0.487. The lowest BCUT2D eigenvalue weighted by Gasteiger charge is -2.27. The number of rotatable bonds is 6. The normalized spacial score (nSPS) is 19.0. The van der Waals surface area contributed by atoms with E-state index in [4.69, 9.17) is 4.74 Å². The van der Waals surface area contributed by atoms with Crippen LogP contribution in [0.15, 0.2) is 5.51 Å². The second kappa shape index (κ2) is 7.22. The van der Waals surface area contributed by atoms with E-state index in [-0.39, 0.29) is 0 Å². The molecule has 4 heteroatoms. The average molecular weight is 268 g/mol. The van der Waals surface area contributed by atoms with Gasteiger partial charge in [-0.15, -0.1) is 11.3 Å². The number of hydrogen-bond donors (Lipinski definition) is 1. The molecule has 0 spiro atoms. The van der Waals surface area contributed by atoms with Crippen LogP contribution in [-0.2, 0) is 4.74 Å². The summed E-state index contributed by atoms with van der Waals surface area (Å²) in [5, 5.41) is 3.69. The smallest absolute Gasteiger partial charge is 0.0798 e. The Kier molecular flexibility index (Phi) is 5.60. The highest BCUT2D eigenvalue weighted by Gasteiger charge is 2.22. The molecule has 1 unspecified atom stereocenters. The third kappa shape index (κ3) is 3.77. The highest BCUT2D eigenvalue weighted by molar-refractivity contribution is 7.09. The number of hydrogen-bond acceptors (Lipinski definition) is 4. The van der Waals surface area contributed by atoms with E-state index in [2.05, 4.69) is 24.1 Å². The van der Waals surface area contributed by atoms with E-state index < -0.39 is 0 Å². The van der Waals surface area contributed by atoms with Gasteiger partial charge in [0.05, 0.1) is 11.2 Å². The van der Waals surface area contributed by atoms with Gasteiger partial charge in [-0.25, -0.2) is 4.98 Å². The molecule has 1 aromatic heterocycles. The predicted molar refractivity (Wildman–Crippen MR) is 76.0 cm³/mol. The van der Waals surface area contributed by atoms with Crippen LogP contribution in [0.2, 0.25) is 0 Å². The first-order valence-corrected chi connectivity index (χ1v) is 7.90. The molecule has 18 heavy (non-hydrogen) atoms. The maximum absolute atomic E-state index is 5.45. The van der Waals surface area contributed by atoms with Crippen LogP contribution < -0.4 is 5.32 Å². The molecular formula is C14H24N2OS. The maximum Gasteiger partial charge on any atom is 0.0798 e. The van der Waals surface area contributed by atoms with Gasteiger partial charge in [0.25, 0.3) is 0 Å². The van der Waals surface area contributed by atoms with Crippen molar-refractivity contribution in [3.8, 4) is 0 Å². The molecule has 1 aliphatic heterocycles. The van der Waals surface area contributed by atoms with Gasteiger partial charge in [0, 0.05) is 24.1 Å². The molecule has 1 fully saturated rings. The van der Waals surface area contributed by atoms with Crippen LogP contribution in [0.25, 0.3) is 0 Å². The predicted octanol–water partition coefficient (Wildman–Crippen LogP) is 3.31. The van der Waals surface area contributed by atoms with Gasteiger partial charge in [-0.3, -0.25) is 0 Å². The fourth-order valence-corrected chi connectivity index (χ4v) is 3.45. The molecule has 0 aromatic carbocycles. The number of ether oxygens (including phenoxy) is 1. The van der Waals surface area contributed by atoms with Crippen molar-refractivity contribution in [3.63, 3.8) is 0 Å². The van der Waals surface area contributed by atoms with Gasteiger partial charge < -0.3 is 10.1 Å². The van der Waals surface area contributed by atoms with Gasteiger partial charge in [0.2, 0.25) is 0 Å². The minimum atomic E-state index is 0.487. The van der Waals surface area contributed by atoms with Crippen molar-refractivity contribution in [2.24, 2.45) is 5.92 Å². The lowest BCUT2D eigenvalue weighted by atomic mass is 9.91. The quantitative estimate of drug-likeness (QED) is 0.859. The number of nitrogens with one attached hydrogen (secondary N) is 1. The van der Waals surface area contributed by atoms with Crippen molar-refractivity contribution >= 4 is 11.3 Å². The van der Waals surface area contributed by atoms with Crippen LogP contribution in [0.5, 0.6) is 0 Å². The van der Waals surface area contributed by atoms with Gasteiger partial charge in [-0.05, 0) is 45.1 Å². The first-order chi connectivity index (χ1) is 8.81. The Bertz CT molecular complexity index is 347. The molecule has 2 rings (SSSR count). The van der Waals surface area contributed by atoms with Gasteiger partial charge in [-0.1, -0.05) is 6.92 Å². The second-order valence-electron chi connectivity index (χ2n) is 5.10. The van der Waals surface area contributed by atoms with E-state index in [0.717, 1.165) is 25.7 Å². The number of aromatic nitrogens is 1. The largest absolute Gasteiger partial charge is 0.381 e. The Balaban J connectivity index is 1.98. The molecule has 1 aromatic rings. The van der Waals surface area contributed by atoms with Crippen LogP contribution in [0, 0.1) is 12.8 Å². The highest BCUT2D eigenvalue weighted by atomic mass is 32.1. The van der Waals surface area contributed by atoms with Crippen LogP contribution in [0.1, 0.15) is 49.2 Å². The van der Waals surface area contributed by atoms with Crippen LogP contribution in [0.4, 0.5) is 0 Å². The van der Waals surface area contributed by atoms with Gasteiger partial charge in [0.15, 0.2) is 0 Å². The molecule has 0 aliphatic carbocycles. The standard InChI is InChI=1S/C14H24N2OS/c1-3-6-15-13(14-11(2)16-10-18-14)9-12-4-7-17-8-5-12/h10,12-13,15H,3-9H2,1-2H3. The third-order valence-electron chi connectivity index (χ3n) is 3.65. The summed E-state index contributed by atoms with van der Waals surface area (Å²) in [6.45, 7) is 7.30. The minimum Gasteiger partial charge on any atom is -0.381 e. The molecule has 1 saturated heterocycles. The molecule has 0 amide bonds. The van der Waals surface area contributed by atoms with Crippen molar-refractivity contribution in [2.45, 2.75) is 45.6 Å². The van der Waals surface area contributed by atoms with Crippen molar-refractivity contribution < 1.29 is 4.74 Å². The summed E-state index contributed by atoms with van der Waals surface area (Å²) in [6.07, 6.45) is 4.83. The fourth-order valence-electron chi connectivity index (χ4n) is 2.56. The molecule has 1 atom stereocenters. The Hall–Kier alpha value is -0.450. The molecule has 1 aliphatic rings. The maximum atomic E-state index is 5.45. The molecule has 0 bridgehead atoms. The van der Waals surface area contributed by atoms with Crippen LogP contribution in [0.3, 0.4) is 0 Å². The zero-order valence-corrected chi connectivity index (χ0v) is 12.3. The second-order valence-corrected chi connectivity index (χ2v) is 5.99. The third-order valence-corrected chi connectivity index (χ3v) is 4.69. The molecule has 0 radical (unpaired) electrons. The SMILES string of the molecule is CCCNC(CC1CCOCC1)c1scnc1C. The van der Waals surface area contributed by atoms with Gasteiger partial charge in [-0.2, -0.15) is 0 Å². The lowest BCUT2D eigenvalue weighted by molar-refractivity contribution is 0.0606. The summed E-state index contributed by atoms with van der Waals surface area (Å²) < 4.78 is 5.45. The molecular weight excluding hydrogens is 244 g/mol. The van der Waals surface area contributed by atoms with Crippen molar-refractivity contribution in [1.82, 2.24) is 10.3 Å². The monoisotopic (exact) mass is 268 g/mol. The highest BCUT2D eigenvalue weighted by Crippen LogP contribution is 2.31. The molecule has 1 N–H and O–H groups in total. The van der Waals surface area contributed by atoms with Crippen LogP contribution >= 0.6 is 11.3 Å². The molecule has 102 valence electrons. The summed E-state index contributed by atoms with van der Waals surface area (Å²) >= 11 is 1.79. The first-order valence-electron chi connectivity index (χ1n) is 7.02. The Morgan fingerprint density at radius 1 is 1.50 bits per heavy atom. The van der Waals surface area contributed by atoms with Crippen LogP contribution in [-0.4, -0.2) is 24.7 Å². The molecule has 3 nitrogen and oxygen atoms in total. The van der Waals surface area contributed by atoms with E-state index in [1.165, 1.54) is 36.3 Å². The number of thiazole rings is 1. The Labute approximate surface area is 114 Å². The summed E-state index contributed by atoms with van der Waals surface area (Å²) in [4.78, 5) is 5.82. The Morgan fingerprint density at radius 3 is 2.89 bits per heavy atom. The van der Waals surface area contributed by atoms with E-state index >= 15 is 0 Å². The van der Waals surface area contributed by atoms with Gasteiger partial charge in [0.1, 0.15) is 0 Å². The zero-order valence-electron chi connectivity index (χ0n) is 11.4. The first kappa shape index (κ1) is 14.0. The van der Waals surface area contributed by atoms with Crippen molar-refractivity contribution in [3.05, 3.63) is 16.1 Å². The lowest BCUT2D eigenvalue weighted by Crippen LogP contribution is -2.26. The summed E-state index contributed by atoms with van der Waals surface area (Å²) in [5.74, 6) is 0.801. The summed E-state index contributed by atoms with van der Waals surface area (Å²) in [6, 6.07) is 0.487. The summed E-state index contributed by atoms with van der Waals surface area (Å²) in [5.41, 5.74) is 3.16. The molecule has 0 saturated carbocycles. The number of nitrogens with zero attached hydrogens (tertiary/aromatic N) is 1. The van der Waals surface area contributed by atoms with E-state index in [1.807, 2.05) is 5.51 Å². The topological polar surface area (TPSA) is 34.1 Å². The molecule has 2 heterocycles. The van der Waals surface area contributed by atoms with E-state index in [1.54, 1.807) is 11.3 Å².